The molecule has 0 bridgehead atoms. The van der Waals surface area contributed by atoms with E-state index in [2.05, 4.69) is 11.6 Å². The average Bonchev–Trinajstić information content (AvgIpc) is 2.50. The summed E-state index contributed by atoms with van der Waals surface area (Å²) in [6, 6.07) is 7.70. The maximum atomic E-state index is 5.64. The van der Waals surface area contributed by atoms with E-state index in [1.54, 1.807) is 7.11 Å². The Morgan fingerprint density at radius 1 is 0.950 bits per heavy atom. The summed E-state index contributed by atoms with van der Waals surface area (Å²) >= 11 is 1.94. The molecule has 0 saturated carbocycles. The molecule has 1 N–H and O–H groups in total. The van der Waals surface area contributed by atoms with Crippen molar-refractivity contribution in [1.29, 1.82) is 0 Å². The van der Waals surface area contributed by atoms with Crippen molar-refractivity contribution in [2.75, 3.05) is 38.8 Å². The molecule has 0 atom stereocenters. The minimum absolute atomic E-state index is 0.707. The second-order valence-corrected chi connectivity index (χ2v) is 5.67. The summed E-state index contributed by atoms with van der Waals surface area (Å²) in [4.78, 5) is 0. The van der Waals surface area contributed by atoms with E-state index in [-0.39, 0.29) is 0 Å². The molecule has 3 nitrogen and oxygen atoms in total. The Kier molecular flexibility index (Phi) is 10.2. The van der Waals surface area contributed by atoms with Crippen molar-refractivity contribution in [2.24, 2.45) is 0 Å². The van der Waals surface area contributed by atoms with Gasteiger partial charge in [0.15, 0.2) is 0 Å². The number of hydrogen-bond acceptors (Lipinski definition) is 4. The molecule has 1 rings (SSSR count). The highest BCUT2D eigenvalue weighted by Crippen LogP contribution is 2.16. The van der Waals surface area contributed by atoms with Gasteiger partial charge in [0.05, 0.1) is 7.11 Å². The van der Waals surface area contributed by atoms with E-state index in [4.69, 9.17) is 9.47 Å². The third kappa shape index (κ3) is 8.33. The normalized spacial score (nSPS) is 10.5. The number of thioether (sulfide) groups is 1. The van der Waals surface area contributed by atoms with Crippen molar-refractivity contribution in [2.45, 2.75) is 25.7 Å². The summed E-state index contributed by atoms with van der Waals surface area (Å²) in [5, 5.41) is 3.41. The van der Waals surface area contributed by atoms with Crippen LogP contribution in [0.1, 0.15) is 25.7 Å². The third-order valence-corrected chi connectivity index (χ3v) is 3.76. The maximum absolute atomic E-state index is 5.64. The van der Waals surface area contributed by atoms with Gasteiger partial charge in [0.1, 0.15) is 18.1 Å². The number of nitrogens with one attached hydrogen (secondary N) is 1. The molecule has 0 radical (unpaired) electrons. The summed E-state index contributed by atoms with van der Waals surface area (Å²) in [6.07, 6.45) is 7.46. The topological polar surface area (TPSA) is 30.5 Å². The van der Waals surface area contributed by atoms with Crippen LogP contribution in [0.2, 0.25) is 0 Å². The highest BCUT2D eigenvalue weighted by Gasteiger charge is 1.95. The molecular weight excluding hydrogens is 270 g/mol. The van der Waals surface area contributed by atoms with Gasteiger partial charge >= 0.3 is 0 Å². The fourth-order valence-electron chi connectivity index (χ4n) is 1.89. The second-order valence-electron chi connectivity index (χ2n) is 4.68. The summed E-state index contributed by atoms with van der Waals surface area (Å²) in [5.41, 5.74) is 0. The van der Waals surface area contributed by atoms with E-state index in [1.807, 2.05) is 36.0 Å². The van der Waals surface area contributed by atoms with Crippen LogP contribution in [0, 0.1) is 0 Å². The van der Waals surface area contributed by atoms with Crippen LogP contribution in [0.15, 0.2) is 24.3 Å². The van der Waals surface area contributed by atoms with Gasteiger partial charge in [-0.2, -0.15) is 11.8 Å². The molecule has 114 valence electrons. The summed E-state index contributed by atoms with van der Waals surface area (Å²) in [6.45, 7) is 2.70. The van der Waals surface area contributed by atoms with Gasteiger partial charge < -0.3 is 14.8 Å². The minimum Gasteiger partial charge on any atom is -0.497 e. The molecule has 0 fully saturated rings. The Bertz CT molecular complexity index is 330. The first-order chi connectivity index (χ1) is 9.86. The predicted molar refractivity (Wildman–Crippen MR) is 88.2 cm³/mol. The molecule has 0 unspecified atom stereocenters. The first kappa shape index (κ1) is 17.2. The van der Waals surface area contributed by atoms with Gasteiger partial charge in [-0.05, 0) is 55.7 Å². The van der Waals surface area contributed by atoms with E-state index in [0.29, 0.717) is 6.61 Å². The standard InChI is InChI=1S/C16H27NO2S/c1-18-15-7-9-16(10-8-15)19-13-12-17-11-5-3-4-6-14-20-2/h7-10,17H,3-6,11-14H2,1-2H3. The van der Waals surface area contributed by atoms with Crippen LogP contribution < -0.4 is 14.8 Å². The van der Waals surface area contributed by atoms with Crippen LogP contribution in [-0.2, 0) is 0 Å². The molecule has 1 aromatic rings. The second kappa shape index (κ2) is 11.9. The molecule has 1 aromatic carbocycles. The van der Waals surface area contributed by atoms with Crippen LogP contribution in [0.4, 0.5) is 0 Å². The zero-order valence-electron chi connectivity index (χ0n) is 12.7. The number of hydrogen-bond donors (Lipinski definition) is 1. The van der Waals surface area contributed by atoms with Gasteiger partial charge in [0.2, 0.25) is 0 Å². The van der Waals surface area contributed by atoms with Gasteiger partial charge in [-0.15, -0.1) is 0 Å². The monoisotopic (exact) mass is 297 g/mol. The Morgan fingerprint density at radius 2 is 1.65 bits per heavy atom. The fraction of sp³-hybridized carbons (Fsp3) is 0.625. The smallest absolute Gasteiger partial charge is 0.119 e. The molecule has 20 heavy (non-hydrogen) atoms. The van der Waals surface area contributed by atoms with Crippen LogP contribution in [-0.4, -0.2) is 38.8 Å². The zero-order valence-corrected chi connectivity index (χ0v) is 13.5. The fourth-order valence-corrected chi connectivity index (χ4v) is 2.38. The molecule has 0 aliphatic heterocycles. The number of rotatable bonds is 12. The maximum Gasteiger partial charge on any atom is 0.119 e. The lowest BCUT2D eigenvalue weighted by Gasteiger charge is -2.08. The minimum atomic E-state index is 0.707. The van der Waals surface area contributed by atoms with Gasteiger partial charge in [0, 0.05) is 6.54 Å². The van der Waals surface area contributed by atoms with Gasteiger partial charge in [-0.1, -0.05) is 12.8 Å². The lowest BCUT2D eigenvalue weighted by atomic mass is 10.2. The quantitative estimate of drug-likeness (QED) is 0.597. The first-order valence-electron chi connectivity index (χ1n) is 7.33. The highest BCUT2D eigenvalue weighted by molar-refractivity contribution is 7.98. The van der Waals surface area contributed by atoms with Gasteiger partial charge in [-0.25, -0.2) is 0 Å². The Labute approximate surface area is 127 Å². The van der Waals surface area contributed by atoms with Crippen molar-refractivity contribution >= 4 is 11.8 Å². The van der Waals surface area contributed by atoms with E-state index < -0.39 is 0 Å². The summed E-state index contributed by atoms with van der Waals surface area (Å²) < 4.78 is 10.7. The third-order valence-electron chi connectivity index (χ3n) is 3.06. The molecule has 0 spiro atoms. The summed E-state index contributed by atoms with van der Waals surface area (Å²) in [7, 11) is 1.67. The Balaban J connectivity index is 1.91. The molecule has 0 heterocycles. The van der Waals surface area contributed by atoms with E-state index in [0.717, 1.165) is 24.6 Å². The van der Waals surface area contributed by atoms with Crippen LogP contribution in [0.3, 0.4) is 0 Å². The molecule has 0 saturated heterocycles. The zero-order chi connectivity index (χ0) is 14.5. The molecule has 0 aromatic heterocycles. The Morgan fingerprint density at radius 3 is 2.35 bits per heavy atom. The van der Waals surface area contributed by atoms with Crippen LogP contribution in [0.5, 0.6) is 11.5 Å². The molecule has 0 amide bonds. The van der Waals surface area contributed by atoms with Crippen molar-refractivity contribution < 1.29 is 9.47 Å². The Hall–Kier alpha value is -0.870. The van der Waals surface area contributed by atoms with E-state index >= 15 is 0 Å². The van der Waals surface area contributed by atoms with Crippen LogP contribution in [0.25, 0.3) is 0 Å². The van der Waals surface area contributed by atoms with Crippen molar-refractivity contribution in [3.63, 3.8) is 0 Å². The van der Waals surface area contributed by atoms with Crippen molar-refractivity contribution in [3.8, 4) is 11.5 Å². The number of methoxy groups -OCH3 is 1. The molecule has 4 heteroatoms. The van der Waals surface area contributed by atoms with Crippen molar-refractivity contribution in [3.05, 3.63) is 24.3 Å². The molecular formula is C16H27NO2S. The lowest BCUT2D eigenvalue weighted by molar-refractivity contribution is 0.313. The van der Waals surface area contributed by atoms with Crippen molar-refractivity contribution in [1.82, 2.24) is 5.32 Å². The number of ether oxygens (including phenoxy) is 2. The number of unbranched alkanes of at least 4 members (excludes halogenated alkanes) is 3. The van der Waals surface area contributed by atoms with Gasteiger partial charge in [-0.3, -0.25) is 0 Å². The number of benzene rings is 1. The largest absolute Gasteiger partial charge is 0.497 e. The highest BCUT2D eigenvalue weighted by atomic mass is 32.2. The molecule has 0 aliphatic carbocycles. The first-order valence-corrected chi connectivity index (χ1v) is 8.72. The van der Waals surface area contributed by atoms with Crippen LogP contribution >= 0.6 is 11.8 Å². The summed E-state index contributed by atoms with van der Waals surface area (Å²) in [5.74, 6) is 3.05. The predicted octanol–water partition coefficient (Wildman–Crippen LogP) is 3.59. The van der Waals surface area contributed by atoms with Gasteiger partial charge in [0.25, 0.3) is 0 Å². The van der Waals surface area contributed by atoms with E-state index in [9.17, 15) is 0 Å². The SMILES string of the molecule is COc1ccc(OCCNCCCCCCSC)cc1. The van der Waals surface area contributed by atoms with E-state index in [1.165, 1.54) is 31.4 Å². The lowest BCUT2D eigenvalue weighted by Crippen LogP contribution is -2.22. The average molecular weight is 297 g/mol. The molecule has 0 aliphatic rings.